The van der Waals surface area contributed by atoms with E-state index in [1.54, 1.807) is 24.3 Å². The molecular formula is C18H18N4O3. The lowest BCUT2D eigenvalue weighted by atomic mass is 10.2. The van der Waals surface area contributed by atoms with E-state index < -0.39 is 11.8 Å². The number of carbonyl (C=O) groups excluding carboxylic acids is 3. The van der Waals surface area contributed by atoms with Crippen LogP contribution in [0.25, 0.3) is 0 Å². The molecule has 7 heteroatoms. The number of hydrogen-bond acceptors (Lipinski definition) is 4. The normalized spacial score (nSPS) is 10.3. The smallest absolute Gasteiger partial charge is 0.326 e. The van der Waals surface area contributed by atoms with Gasteiger partial charge in [0.2, 0.25) is 5.91 Å². The number of benzene rings is 2. The van der Waals surface area contributed by atoms with Gasteiger partial charge in [-0.05, 0) is 29.8 Å². The molecule has 7 nitrogen and oxygen atoms in total. The van der Waals surface area contributed by atoms with E-state index in [0.29, 0.717) is 17.8 Å². The zero-order valence-corrected chi connectivity index (χ0v) is 13.7. The Morgan fingerprint density at radius 1 is 0.880 bits per heavy atom. The number of carbonyl (C=O) groups is 3. The van der Waals surface area contributed by atoms with Crippen molar-refractivity contribution in [3.8, 4) is 0 Å². The number of nitrogens with zero attached hydrogens (tertiary/aromatic N) is 1. The third kappa shape index (κ3) is 6.26. The van der Waals surface area contributed by atoms with Crippen molar-refractivity contribution in [2.45, 2.75) is 13.3 Å². The van der Waals surface area contributed by atoms with E-state index in [2.05, 4.69) is 21.2 Å². The maximum Gasteiger partial charge on any atom is 0.329 e. The highest BCUT2D eigenvalue weighted by Crippen LogP contribution is 2.13. The van der Waals surface area contributed by atoms with Crippen LogP contribution in [0.4, 0.5) is 11.4 Å². The van der Waals surface area contributed by atoms with Crippen molar-refractivity contribution < 1.29 is 14.4 Å². The first-order valence-corrected chi connectivity index (χ1v) is 7.59. The molecule has 128 valence electrons. The van der Waals surface area contributed by atoms with Crippen LogP contribution in [0.15, 0.2) is 59.7 Å². The van der Waals surface area contributed by atoms with Gasteiger partial charge in [0.15, 0.2) is 0 Å². The van der Waals surface area contributed by atoms with E-state index >= 15 is 0 Å². The first-order valence-electron chi connectivity index (χ1n) is 7.59. The molecule has 0 saturated carbocycles. The lowest BCUT2D eigenvalue weighted by molar-refractivity contribution is -0.136. The van der Waals surface area contributed by atoms with Gasteiger partial charge in [0.1, 0.15) is 0 Å². The Bertz CT molecular complexity index is 771. The van der Waals surface area contributed by atoms with Gasteiger partial charge in [-0.25, -0.2) is 5.43 Å². The maximum absolute atomic E-state index is 11.8. The number of hydrazone groups is 1. The highest BCUT2D eigenvalue weighted by atomic mass is 16.2. The lowest BCUT2D eigenvalue weighted by Gasteiger charge is -2.06. The molecule has 0 radical (unpaired) electrons. The number of amides is 3. The van der Waals surface area contributed by atoms with E-state index in [4.69, 9.17) is 0 Å². The Morgan fingerprint density at radius 2 is 1.48 bits per heavy atom. The number of nitrogens with one attached hydrogen (secondary N) is 3. The van der Waals surface area contributed by atoms with Crippen LogP contribution in [0.5, 0.6) is 0 Å². The molecule has 0 heterocycles. The van der Waals surface area contributed by atoms with Crippen LogP contribution in [0.2, 0.25) is 0 Å². The van der Waals surface area contributed by atoms with Gasteiger partial charge in [-0.2, -0.15) is 5.10 Å². The van der Waals surface area contributed by atoms with Gasteiger partial charge in [-0.3, -0.25) is 14.4 Å². The molecule has 25 heavy (non-hydrogen) atoms. The predicted octanol–water partition coefficient (Wildman–Crippen LogP) is 1.93. The van der Waals surface area contributed by atoms with E-state index in [1.807, 2.05) is 30.3 Å². The highest BCUT2D eigenvalue weighted by Gasteiger charge is 2.12. The van der Waals surface area contributed by atoms with Gasteiger partial charge in [0.05, 0.1) is 0 Å². The minimum atomic E-state index is -0.866. The summed E-state index contributed by atoms with van der Waals surface area (Å²) in [7, 11) is 0. The summed E-state index contributed by atoms with van der Waals surface area (Å²) in [5.74, 6) is -1.89. The SMILES string of the molecule is CC(=O)Nc1ccc(NC(=O)C(=O)NN=CCc2ccccc2)cc1. The zero-order chi connectivity index (χ0) is 18.1. The minimum absolute atomic E-state index is 0.190. The average molecular weight is 338 g/mol. The molecule has 0 saturated heterocycles. The van der Waals surface area contributed by atoms with Crippen molar-refractivity contribution >= 4 is 35.3 Å². The highest BCUT2D eigenvalue weighted by molar-refractivity contribution is 6.39. The van der Waals surface area contributed by atoms with Crippen LogP contribution in [0.3, 0.4) is 0 Å². The fraction of sp³-hybridized carbons (Fsp3) is 0.111. The largest absolute Gasteiger partial charge is 0.329 e. The summed E-state index contributed by atoms with van der Waals surface area (Å²) >= 11 is 0. The number of anilines is 2. The van der Waals surface area contributed by atoms with Crippen LogP contribution in [-0.2, 0) is 20.8 Å². The Labute approximate surface area is 145 Å². The second-order valence-electron chi connectivity index (χ2n) is 5.15. The van der Waals surface area contributed by atoms with Crippen molar-refractivity contribution in [2.24, 2.45) is 5.10 Å². The summed E-state index contributed by atoms with van der Waals surface area (Å²) in [6, 6.07) is 16.0. The van der Waals surface area contributed by atoms with Gasteiger partial charge in [-0.15, -0.1) is 0 Å². The zero-order valence-electron chi connectivity index (χ0n) is 13.7. The van der Waals surface area contributed by atoms with E-state index in [1.165, 1.54) is 13.1 Å². The predicted molar refractivity (Wildman–Crippen MR) is 96.2 cm³/mol. The first kappa shape index (κ1) is 17.9. The quantitative estimate of drug-likeness (QED) is 0.441. The molecule has 0 aliphatic rings. The minimum Gasteiger partial charge on any atom is -0.326 e. The second kappa shape index (κ2) is 8.97. The summed E-state index contributed by atoms with van der Waals surface area (Å²) in [6.07, 6.45) is 2.07. The summed E-state index contributed by atoms with van der Waals surface area (Å²) < 4.78 is 0. The molecule has 3 N–H and O–H groups in total. The fourth-order valence-electron chi connectivity index (χ4n) is 1.95. The van der Waals surface area contributed by atoms with Gasteiger partial charge in [0.25, 0.3) is 0 Å². The van der Waals surface area contributed by atoms with Gasteiger partial charge in [0, 0.05) is 30.9 Å². The average Bonchev–Trinajstić information content (AvgIpc) is 2.60. The molecular weight excluding hydrogens is 320 g/mol. The van der Waals surface area contributed by atoms with E-state index in [-0.39, 0.29) is 5.91 Å². The molecule has 0 spiro atoms. The molecule has 0 unspecified atom stereocenters. The van der Waals surface area contributed by atoms with Crippen LogP contribution in [-0.4, -0.2) is 23.9 Å². The Hall–Kier alpha value is -3.48. The molecule has 3 amide bonds. The molecule has 0 aliphatic carbocycles. The number of rotatable bonds is 5. The Kier molecular flexibility index (Phi) is 6.41. The van der Waals surface area contributed by atoms with Crippen molar-refractivity contribution in [3.05, 3.63) is 60.2 Å². The maximum atomic E-state index is 11.8. The van der Waals surface area contributed by atoms with Crippen LogP contribution < -0.4 is 16.1 Å². The monoisotopic (exact) mass is 338 g/mol. The third-order valence-electron chi connectivity index (χ3n) is 3.10. The van der Waals surface area contributed by atoms with Crippen LogP contribution in [0, 0.1) is 0 Å². The molecule has 0 aliphatic heterocycles. The summed E-state index contributed by atoms with van der Waals surface area (Å²) in [6.45, 7) is 1.40. The number of hydrogen-bond donors (Lipinski definition) is 3. The molecule has 2 aromatic rings. The van der Waals surface area contributed by atoms with Crippen LogP contribution >= 0.6 is 0 Å². The van der Waals surface area contributed by atoms with E-state index in [9.17, 15) is 14.4 Å². The van der Waals surface area contributed by atoms with Crippen molar-refractivity contribution in [1.29, 1.82) is 0 Å². The molecule has 0 atom stereocenters. The summed E-state index contributed by atoms with van der Waals surface area (Å²) in [4.78, 5) is 34.4. The van der Waals surface area contributed by atoms with Gasteiger partial charge >= 0.3 is 11.8 Å². The molecule has 2 aromatic carbocycles. The standard InChI is InChI=1S/C18H18N4O3/c1-13(23)20-15-7-9-16(10-8-15)21-17(24)18(25)22-19-12-11-14-5-3-2-4-6-14/h2-10,12H,11H2,1H3,(H,20,23)(H,21,24)(H,22,25). The molecule has 0 fully saturated rings. The second-order valence-corrected chi connectivity index (χ2v) is 5.15. The van der Waals surface area contributed by atoms with Crippen molar-refractivity contribution in [2.75, 3.05) is 10.6 Å². The fourth-order valence-corrected chi connectivity index (χ4v) is 1.95. The third-order valence-corrected chi connectivity index (χ3v) is 3.10. The lowest BCUT2D eigenvalue weighted by Crippen LogP contribution is -2.32. The van der Waals surface area contributed by atoms with Crippen LogP contribution in [0.1, 0.15) is 12.5 Å². The van der Waals surface area contributed by atoms with Crippen molar-refractivity contribution in [1.82, 2.24) is 5.43 Å². The molecule has 0 bridgehead atoms. The Morgan fingerprint density at radius 3 is 2.08 bits per heavy atom. The molecule has 0 aromatic heterocycles. The van der Waals surface area contributed by atoms with Gasteiger partial charge in [-0.1, -0.05) is 30.3 Å². The Balaban J connectivity index is 1.79. The summed E-state index contributed by atoms with van der Waals surface area (Å²) in [5, 5.41) is 8.79. The first-order chi connectivity index (χ1) is 12.0. The molecule has 2 rings (SSSR count). The topological polar surface area (TPSA) is 99.7 Å². The van der Waals surface area contributed by atoms with E-state index in [0.717, 1.165) is 5.56 Å². The summed E-state index contributed by atoms with van der Waals surface area (Å²) in [5.41, 5.74) is 4.25. The van der Waals surface area contributed by atoms with Gasteiger partial charge < -0.3 is 10.6 Å². The van der Waals surface area contributed by atoms with Crippen molar-refractivity contribution in [3.63, 3.8) is 0 Å².